The minimum Gasteiger partial charge on any atom is -0.323 e. The number of thioether (sulfide) groups is 1. The molecule has 0 aliphatic heterocycles. The van der Waals surface area contributed by atoms with E-state index >= 15 is 0 Å². The predicted octanol–water partition coefficient (Wildman–Crippen LogP) is 4.84. The van der Waals surface area contributed by atoms with E-state index in [1.807, 2.05) is 6.92 Å². The van der Waals surface area contributed by atoms with Crippen LogP contribution in [0.5, 0.6) is 0 Å². The molecule has 2 aromatic rings. The van der Waals surface area contributed by atoms with Gasteiger partial charge in [-0.05, 0) is 39.2 Å². The van der Waals surface area contributed by atoms with Crippen LogP contribution in [0.3, 0.4) is 0 Å². The monoisotopic (exact) mass is 327 g/mol. The van der Waals surface area contributed by atoms with Crippen LogP contribution >= 0.6 is 11.8 Å². The predicted molar refractivity (Wildman–Crippen MR) is 96.8 cm³/mol. The van der Waals surface area contributed by atoms with Crippen LogP contribution < -0.4 is 0 Å². The smallest absolute Gasteiger partial charge is 0.169 e. The highest BCUT2D eigenvalue weighted by molar-refractivity contribution is 8.00. The van der Waals surface area contributed by atoms with Crippen LogP contribution in [0.4, 0.5) is 0 Å². The maximum absolute atomic E-state index is 9.54. The molecule has 23 heavy (non-hydrogen) atoms. The van der Waals surface area contributed by atoms with Crippen molar-refractivity contribution in [3.8, 4) is 6.07 Å². The van der Waals surface area contributed by atoms with Gasteiger partial charge in [0, 0.05) is 12.2 Å². The molecule has 1 unspecified atom stereocenters. The second-order valence-corrected chi connectivity index (χ2v) is 7.17. The summed E-state index contributed by atoms with van der Waals surface area (Å²) in [5, 5.41) is 10.4. The molecule has 0 spiro atoms. The molecule has 0 fully saturated rings. The molecule has 0 saturated carbocycles. The Kier molecular flexibility index (Phi) is 6.29. The molecule has 4 heteroatoms. The summed E-state index contributed by atoms with van der Waals surface area (Å²) in [5.74, 6) is 0. The lowest BCUT2D eigenvalue weighted by atomic mass is 10.1. The molecular formula is C19H25N3S. The molecule has 0 N–H and O–H groups in total. The zero-order chi connectivity index (χ0) is 16.8. The summed E-state index contributed by atoms with van der Waals surface area (Å²) in [7, 11) is 0. The minimum absolute atomic E-state index is 0.112. The van der Waals surface area contributed by atoms with Crippen molar-refractivity contribution in [1.29, 1.82) is 5.26 Å². The van der Waals surface area contributed by atoms with Crippen LogP contribution in [0.25, 0.3) is 0 Å². The molecule has 1 aromatic heterocycles. The van der Waals surface area contributed by atoms with E-state index in [0.717, 1.165) is 36.7 Å². The van der Waals surface area contributed by atoms with Gasteiger partial charge < -0.3 is 4.57 Å². The van der Waals surface area contributed by atoms with Crippen molar-refractivity contribution in [2.75, 3.05) is 0 Å². The Hall–Kier alpha value is -1.73. The van der Waals surface area contributed by atoms with Gasteiger partial charge in [-0.1, -0.05) is 54.9 Å². The molecule has 1 atom stereocenters. The van der Waals surface area contributed by atoms with Crippen molar-refractivity contribution in [3.63, 3.8) is 0 Å². The number of unbranched alkanes of at least 4 members (excludes halogenated alkanes) is 1. The van der Waals surface area contributed by atoms with Gasteiger partial charge >= 0.3 is 0 Å². The van der Waals surface area contributed by atoms with Crippen molar-refractivity contribution in [1.82, 2.24) is 9.55 Å². The van der Waals surface area contributed by atoms with Crippen LogP contribution in [0, 0.1) is 32.1 Å². The van der Waals surface area contributed by atoms with Crippen LogP contribution in [0.2, 0.25) is 0 Å². The van der Waals surface area contributed by atoms with Crippen LogP contribution in [-0.2, 0) is 13.0 Å². The van der Waals surface area contributed by atoms with E-state index in [1.54, 1.807) is 11.8 Å². The Morgan fingerprint density at radius 2 is 1.91 bits per heavy atom. The number of nitriles is 1. The van der Waals surface area contributed by atoms with E-state index < -0.39 is 0 Å². The molecule has 0 saturated heterocycles. The summed E-state index contributed by atoms with van der Waals surface area (Å²) in [5.41, 5.74) is 4.73. The van der Waals surface area contributed by atoms with E-state index in [1.165, 1.54) is 16.8 Å². The molecule has 3 nitrogen and oxygen atoms in total. The zero-order valence-electron chi connectivity index (χ0n) is 14.5. The molecule has 0 aliphatic carbocycles. The lowest BCUT2D eigenvalue weighted by Crippen LogP contribution is -2.08. The molecular weight excluding hydrogens is 302 g/mol. The normalized spacial score (nSPS) is 12.1. The van der Waals surface area contributed by atoms with Gasteiger partial charge in [-0.25, -0.2) is 4.98 Å². The van der Waals surface area contributed by atoms with E-state index in [4.69, 9.17) is 0 Å². The summed E-state index contributed by atoms with van der Waals surface area (Å²) in [6.07, 6.45) is 3.05. The summed E-state index contributed by atoms with van der Waals surface area (Å²) < 4.78 is 2.27. The van der Waals surface area contributed by atoms with Gasteiger partial charge in [0.25, 0.3) is 0 Å². The third-order valence-electron chi connectivity index (χ3n) is 4.09. The quantitative estimate of drug-likeness (QED) is 0.684. The fourth-order valence-electron chi connectivity index (χ4n) is 2.47. The largest absolute Gasteiger partial charge is 0.323 e. The van der Waals surface area contributed by atoms with Gasteiger partial charge in [0.2, 0.25) is 0 Å². The maximum atomic E-state index is 9.54. The van der Waals surface area contributed by atoms with E-state index in [0.29, 0.717) is 0 Å². The van der Waals surface area contributed by atoms with Crippen molar-refractivity contribution in [2.24, 2.45) is 0 Å². The van der Waals surface area contributed by atoms with Crippen molar-refractivity contribution < 1.29 is 0 Å². The highest BCUT2D eigenvalue weighted by Gasteiger charge is 2.17. The molecule has 0 aliphatic rings. The first-order chi connectivity index (χ1) is 11.0. The molecule has 2 rings (SSSR count). The number of hydrogen-bond donors (Lipinski definition) is 0. The SMILES string of the molecule is CCCCn1c(SC(C#N)Cc2ccc(C)cc2)nc(C)c1C. The first-order valence-electron chi connectivity index (χ1n) is 8.20. The van der Waals surface area contributed by atoms with Gasteiger partial charge in [0.05, 0.1) is 11.8 Å². The molecule has 1 aromatic carbocycles. The third kappa shape index (κ3) is 4.62. The molecule has 0 amide bonds. The maximum Gasteiger partial charge on any atom is 0.169 e. The fraction of sp³-hybridized carbons (Fsp3) is 0.474. The van der Waals surface area contributed by atoms with E-state index in [-0.39, 0.29) is 5.25 Å². The summed E-state index contributed by atoms with van der Waals surface area (Å²) in [4.78, 5) is 4.68. The second-order valence-electron chi connectivity index (χ2n) is 6.00. The van der Waals surface area contributed by atoms with Crippen molar-refractivity contribution >= 4 is 11.8 Å². The highest BCUT2D eigenvalue weighted by atomic mass is 32.2. The average molecular weight is 327 g/mol. The fourth-order valence-corrected chi connectivity index (χ4v) is 3.60. The Bertz CT molecular complexity index is 680. The van der Waals surface area contributed by atoms with Crippen LogP contribution in [-0.4, -0.2) is 14.8 Å². The Labute approximate surface area is 143 Å². The minimum atomic E-state index is -0.112. The van der Waals surface area contributed by atoms with Crippen LogP contribution in [0.15, 0.2) is 29.4 Å². The lowest BCUT2D eigenvalue weighted by molar-refractivity contribution is 0.575. The first-order valence-corrected chi connectivity index (χ1v) is 9.08. The highest BCUT2D eigenvalue weighted by Crippen LogP contribution is 2.27. The standard InChI is InChI=1S/C19H25N3S/c1-5-6-11-22-16(4)15(3)21-19(22)23-18(13-20)12-17-9-7-14(2)8-10-17/h7-10,18H,5-6,11-12H2,1-4H3. The van der Waals surface area contributed by atoms with Gasteiger partial charge in [-0.2, -0.15) is 5.26 Å². The number of hydrogen-bond acceptors (Lipinski definition) is 3. The second kappa shape index (κ2) is 8.21. The summed E-state index contributed by atoms with van der Waals surface area (Å²) >= 11 is 1.59. The van der Waals surface area contributed by atoms with E-state index in [9.17, 15) is 5.26 Å². The van der Waals surface area contributed by atoms with Gasteiger partial charge in [0.15, 0.2) is 5.16 Å². The Morgan fingerprint density at radius 3 is 2.52 bits per heavy atom. The van der Waals surface area contributed by atoms with E-state index in [2.05, 4.69) is 60.7 Å². The molecule has 1 heterocycles. The summed E-state index contributed by atoms with van der Waals surface area (Å²) in [6, 6.07) is 10.9. The van der Waals surface area contributed by atoms with Crippen molar-refractivity contribution in [3.05, 3.63) is 46.8 Å². The van der Waals surface area contributed by atoms with Crippen molar-refractivity contribution in [2.45, 2.75) is 63.9 Å². The molecule has 0 bridgehead atoms. The Morgan fingerprint density at radius 1 is 1.22 bits per heavy atom. The number of aryl methyl sites for hydroxylation is 2. The van der Waals surface area contributed by atoms with Gasteiger partial charge in [0.1, 0.15) is 5.25 Å². The number of aromatic nitrogens is 2. The number of imidazole rings is 1. The number of benzene rings is 1. The van der Waals surface area contributed by atoms with Crippen LogP contribution in [0.1, 0.15) is 42.3 Å². The van der Waals surface area contributed by atoms with Gasteiger partial charge in [-0.3, -0.25) is 0 Å². The lowest BCUT2D eigenvalue weighted by Gasteiger charge is -2.12. The first kappa shape index (κ1) is 17.6. The number of rotatable bonds is 7. The topological polar surface area (TPSA) is 41.6 Å². The Balaban J connectivity index is 2.14. The van der Waals surface area contributed by atoms with Gasteiger partial charge in [-0.15, -0.1) is 0 Å². The number of nitrogens with zero attached hydrogens (tertiary/aromatic N) is 3. The zero-order valence-corrected chi connectivity index (χ0v) is 15.3. The third-order valence-corrected chi connectivity index (χ3v) is 5.17. The summed E-state index contributed by atoms with van der Waals surface area (Å²) in [6.45, 7) is 9.42. The molecule has 122 valence electrons. The average Bonchev–Trinajstić information content (AvgIpc) is 2.81. The molecule has 0 radical (unpaired) electrons.